The predicted octanol–water partition coefficient (Wildman–Crippen LogP) is 1.93. The van der Waals surface area contributed by atoms with Crippen LogP contribution in [0.5, 0.6) is 11.5 Å². The van der Waals surface area contributed by atoms with Crippen molar-refractivity contribution in [1.29, 1.82) is 0 Å². The Morgan fingerprint density at radius 3 is 2.46 bits per heavy atom. The highest BCUT2D eigenvalue weighted by Crippen LogP contribution is 2.42. The zero-order valence-corrected chi connectivity index (χ0v) is 15.0. The molecule has 134 valence electrons. The van der Waals surface area contributed by atoms with Crippen LogP contribution in [-0.4, -0.2) is 59.2 Å². The predicted molar refractivity (Wildman–Crippen MR) is 95.1 cm³/mol. The number of hydrogen-bond donors (Lipinski definition) is 0. The SMILES string of the molecule is COc1cc2c(cc1OC)C(n1nnc3ccccc31)N(N(C)C)C2=O. The van der Waals surface area contributed by atoms with Gasteiger partial charge in [-0.3, -0.25) is 4.79 Å². The van der Waals surface area contributed by atoms with Gasteiger partial charge in [0.2, 0.25) is 0 Å². The van der Waals surface area contributed by atoms with Gasteiger partial charge in [-0.1, -0.05) is 17.3 Å². The Kier molecular flexibility index (Phi) is 3.77. The van der Waals surface area contributed by atoms with E-state index in [0.29, 0.717) is 17.1 Å². The van der Waals surface area contributed by atoms with E-state index in [0.717, 1.165) is 16.6 Å². The van der Waals surface area contributed by atoms with E-state index >= 15 is 0 Å². The van der Waals surface area contributed by atoms with E-state index in [1.54, 1.807) is 35.0 Å². The zero-order chi connectivity index (χ0) is 18.4. The molecular formula is C18H19N5O3. The fourth-order valence-corrected chi connectivity index (χ4v) is 3.36. The lowest BCUT2D eigenvalue weighted by atomic mass is 10.1. The smallest absolute Gasteiger partial charge is 0.271 e. The minimum Gasteiger partial charge on any atom is -0.493 e. The van der Waals surface area contributed by atoms with Gasteiger partial charge < -0.3 is 9.47 Å². The molecule has 1 amide bonds. The first-order valence-electron chi connectivity index (χ1n) is 8.13. The van der Waals surface area contributed by atoms with Crippen LogP contribution in [0.25, 0.3) is 11.0 Å². The van der Waals surface area contributed by atoms with E-state index in [9.17, 15) is 4.79 Å². The highest BCUT2D eigenvalue weighted by molar-refractivity contribution is 6.00. The van der Waals surface area contributed by atoms with Gasteiger partial charge in [-0.05, 0) is 24.3 Å². The standard InChI is InChI=1S/C18H19N5O3/c1-21(2)23-17(22-14-8-6-5-7-13(14)19-20-22)11-9-15(25-3)16(26-4)10-12(11)18(23)24/h5-10,17H,1-4H3. The van der Waals surface area contributed by atoms with Crippen LogP contribution in [0, 0.1) is 0 Å². The topological polar surface area (TPSA) is 72.7 Å². The van der Waals surface area contributed by atoms with Crippen LogP contribution in [0.4, 0.5) is 0 Å². The number of amides is 1. The summed E-state index contributed by atoms with van der Waals surface area (Å²) in [7, 11) is 6.77. The summed E-state index contributed by atoms with van der Waals surface area (Å²) in [5, 5.41) is 11.9. The number of nitrogens with zero attached hydrogens (tertiary/aromatic N) is 5. The first-order chi connectivity index (χ1) is 12.6. The summed E-state index contributed by atoms with van der Waals surface area (Å²) < 4.78 is 12.5. The van der Waals surface area contributed by atoms with E-state index in [-0.39, 0.29) is 5.91 Å². The molecule has 0 saturated heterocycles. The molecule has 0 fully saturated rings. The van der Waals surface area contributed by atoms with E-state index < -0.39 is 6.17 Å². The number of carbonyl (C=O) groups is 1. The molecule has 0 saturated carbocycles. The van der Waals surface area contributed by atoms with Gasteiger partial charge in [0.05, 0.1) is 25.3 Å². The minimum absolute atomic E-state index is 0.129. The van der Waals surface area contributed by atoms with Crippen molar-refractivity contribution in [1.82, 2.24) is 25.0 Å². The van der Waals surface area contributed by atoms with Crippen LogP contribution >= 0.6 is 0 Å². The normalized spacial score (nSPS) is 16.4. The maximum Gasteiger partial charge on any atom is 0.271 e. The molecule has 8 heteroatoms. The number of hydrogen-bond acceptors (Lipinski definition) is 6. The molecule has 2 heterocycles. The maximum atomic E-state index is 13.1. The quantitative estimate of drug-likeness (QED) is 0.714. The van der Waals surface area contributed by atoms with E-state index in [4.69, 9.17) is 9.47 Å². The number of carbonyl (C=O) groups excluding carboxylic acids is 1. The molecule has 1 unspecified atom stereocenters. The van der Waals surface area contributed by atoms with Crippen LogP contribution in [-0.2, 0) is 0 Å². The van der Waals surface area contributed by atoms with Crippen molar-refractivity contribution in [2.45, 2.75) is 6.17 Å². The largest absolute Gasteiger partial charge is 0.493 e. The van der Waals surface area contributed by atoms with Crippen LogP contribution in [0.15, 0.2) is 36.4 Å². The molecule has 4 rings (SSSR count). The van der Waals surface area contributed by atoms with Crippen LogP contribution in [0.1, 0.15) is 22.1 Å². The summed E-state index contributed by atoms with van der Waals surface area (Å²) in [4.78, 5) is 13.1. The average Bonchev–Trinajstić information content (AvgIpc) is 3.19. The third kappa shape index (κ3) is 2.22. The maximum absolute atomic E-state index is 13.1. The van der Waals surface area contributed by atoms with Crippen molar-refractivity contribution in [2.75, 3.05) is 28.3 Å². The second-order valence-corrected chi connectivity index (χ2v) is 6.19. The molecule has 1 aromatic heterocycles. The molecule has 0 bridgehead atoms. The van der Waals surface area contributed by atoms with Crippen molar-refractivity contribution >= 4 is 16.9 Å². The zero-order valence-electron chi connectivity index (χ0n) is 15.0. The Bertz CT molecular complexity index is 998. The van der Waals surface area contributed by atoms with Crippen LogP contribution < -0.4 is 9.47 Å². The number of rotatable bonds is 4. The van der Waals surface area contributed by atoms with Crippen molar-refractivity contribution in [3.05, 3.63) is 47.5 Å². The lowest BCUT2D eigenvalue weighted by Crippen LogP contribution is -2.42. The Balaban J connectivity index is 1.97. The van der Waals surface area contributed by atoms with Crippen LogP contribution in [0.3, 0.4) is 0 Å². The number of benzene rings is 2. The van der Waals surface area contributed by atoms with Gasteiger partial charge in [-0.2, -0.15) is 0 Å². The molecule has 1 aliphatic heterocycles. The van der Waals surface area contributed by atoms with Crippen LogP contribution in [0.2, 0.25) is 0 Å². The molecule has 26 heavy (non-hydrogen) atoms. The monoisotopic (exact) mass is 353 g/mol. The third-order valence-corrected chi connectivity index (χ3v) is 4.54. The highest BCUT2D eigenvalue weighted by Gasteiger charge is 2.42. The van der Waals surface area contributed by atoms with E-state index in [2.05, 4.69) is 10.3 Å². The summed E-state index contributed by atoms with van der Waals surface area (Å²) in [5.41, 5.74) is 2.96. The molecule has 3 aromatic rings. The number of fused-ring (bicyclic) bond motifs is 2. The third-order valence-electron chi connectivity index (χ3n) is 4.54. The minimum atomic E-state index is -0.459. The summed E-state index contributed by atoms with van der Waals surface area (Å²) in [6.07, 6.45) is -0.459. The van der Waals surface area contributed by atoms with Gasteiger partial charge in [-0.15, -0.1) is 5.10 Å². The van der Waals surface area contributed by atoms with E-state index in [1.165, 1.54) is 0 Å². The van der Waals surface area contributed by atoms with Gasteiger partial charge >= 0.3 is 0 Å². The molecule has 2 aromatic carbocycles. The summed E-state index contributed by atoms with van der Waals surface area (Å²) in [6, 6.07) is 11.2. The highest BCUT2D eigenvalue weighted by atomic mass is 16.5. The van der Waals surface area contributed by atoms with Gasteiger partial charge in [0.1, 0.15) is 5.52 Å². The molecule has 0 N–H and O–H groups in total. The Morgan fingerprint density at radius 1 is 1.08 bits per heavy atom. The molecule has 0 aliphatic carbocycles. The van der Waals surface area contributed by atoms with Gasteiger partial charge in [-0.25, -0.2) is 14.7 Å². The first kappa shape index (κ1) is 16.3. The molecular weight excluding hydrogens is 334 g/mol. The molecule has 1 aliphatic rings. The first-order valence-corrected chi connectivity index (χ1v) is 8.13. The Hall–Kier alpha value is -3.13. The van der Waals surface area contributed by atoms with Gasteiger partial charge in [0, 0.05) is 19.7 Å². The summed E-state index contributed by atoms with van der Waals surface area (Å²) >= 11 is 0. The molecule has 8 nitrogen and oxygen atoms in total. The van der Waals surface area contributed by atoms with Gasteiger partial charge in [0.15, 0.2) is 17.7 Å². The summed E-state index contributed by atoms with van der Waals surface area (Å²) in [6.45, 7) is 0. The second-order valence-electron chi connectivity index (χ2n) is 6.19. The van der Waals surface area contributed by atoms with Crippen molar-refractivity contribution in [2.24, 2.45) is 0 Å². The molecule has 1 atom stereocenters. The van der Waals surface area contributed by atoms with E-state index in [1.807, 2.05) is 44.4 Å². The average molecular weight is 353 g/mol. The second kappa shape index (κ2) is 5.99. The number of aromatic nitrogens is 3. The Labute approximate surface area is 150 Å². The summed E-state index contributed by atoms with van der Waals surface area (Å²) in [5.74, 6) is 0.951. The fraction of sp³-hybridized carbons (Fsp3) is 0.278. The van der Waals surface area contributed by atoms with Crippen molar-refractivity contribution < 1.29 is 14.3 Å². The Morgan fingerprint density at radius 2 is 1.77 bits per heavy atom. The number of methoxy groups -OCH3 is 2. The lowest BCUT2D eigenvalue weighted by molar-refractivity contribution is -0.00712. The molecule has 0 spiro atoms. The number of para-hydroxylation sites is 1. The fourth-order valence-electron chi connectivity index (χ4n) is 3.36. The van der Waals surface area contributed by atoms with Crippen molar-refractivity contribution in [3.8, 4) is 11.5 Å². The van der Waals surface area contributed by atoms with Crippen molar-refractivity contribution in [3.63, 3.8) is 0 Å². The lowest BCUT2D eigenvalue weighted by Gasteiger charge is -2.30. The van der Waals surface area contributed by atoms with Gasteiger partial charge in [0.25, 0.3) is 5.91 Å². The molecule has 0 radical (unpaired) electrons. The number of hydrazine groups is 1. The number of ether oxygens (including phenoxy) is 2.